The average Bonchev–Trinajstić information content (AvgIpc) is 3.12. The third-order valence-corrected chi connectivity index (χ3v) is 6.32. The molecule has 1 amide bonds. The number of likely N-dealkylation sites (tertiary alicyclic amines) is 1. The van der Waals surface area contributed by atoms with Crippen LogP contribution >= 0.6 is 23.4 Å². The Morgan fingerprint density at radius 1 is 1.32 bits per heavy atom. The number of hydrogen-bond donors (Lipinski definition) is 1. The number of carbonyl (C=O) groups is 1. The molecule has 1 aromatic carbocycles. The number of nitrogens with zero attached hydrogens (tertiary/aromatic N) is 4. The Labute approximate surface area is 188 Å². The van der Waals surface area contributed by atoms with Gasteiger partial charge in [-0.3, -0.25) is 9.69 Å². The molecule has 0 saturated carbocycles. The van der Waals surface area contributed by atoms with Crippen LogP contribution in [0.4, 0.5) is 18.9 Å². The van der Waals surface area contributed by atoms with Crippen LogP contribution in [0.2, 0.25) is 5.02 Å². The van der Waals surface area contributed by atoms with Crippen molar-refractivity contribution in [1.82, 2.24) is 19.7 Å². The summed E-state index contributed by atoms with van der Waals surface area (Å²) in [6.07, 6.45) is -2.66. The van der Waals surface area contributed by atoms with Gasteiger partial charge >= 0.3 is 6.18 Å². The van der Waals surface area contributed by atoms with Crippen LogP contribution < -0.4 is 5.32 Å². The first-order valence-corrected chi connectivity index (χ1v) is 11.5. The summed E-state index contributed by atoms with van der Waals surface area (Å²) in [4.78, 5) is 14.5. The highest BCUT2D eigenvalue weighted by atomic mass is 35.5. The molecule has 0 bridgehead atoms. The molecule has 1 saturated heterocycles. The molecule has 0 radical (unpaired) electrons. The third kappa shape index (κ3) is 5.93. The van der Waals surface area contributed by atoms with Crippen molar-refractivity contribution in [2.45, 2.75) is 50.5 Å². The number of hydrogen-bond acceptors (Lipinski definition) is 5. The number of benzene rings is 1. The number of anilines is 1. The summed E-state index contributed by atoms with van der Waals surface area (Å²) in [6.45, 7) is 6.33. The standard InChI is InChI=1S/C20H25ClF3N5OS/c1-3-29-18(26-27-19(29)31-4-2)13-6-5-9-28(11-13)12-17(30)25-16-10-14(20(22,23)24)7-8-15(16)21/h7-8,10,13H,3-6,9,11-12H2,1-2H3,(H,25,30)/t13-/m1/s1. The van der Waals surface area contributed by atoms with Gasteiger partial charge in [-0.25, -0.2) is 0 Å². The van der Waals surface area contributed by atoms with Crippen molar-refractivity contribution in [3.63, 3.8) is 0 Å². The molecule has 170 valence electrons. The average molecular weight is 476 g/mol. The first-order valence-electron chi connectivity index (χ1n) is 10.2. The van der Waals surface area contributed by atoms with Gasteiger partial charge in [0.05, 0.1) is 22.8 Å². The van der Waals surface area contributed by atoms with E-state index in [1.54, 1.807) is 11.8 Å². The zero-order valence-electron chi connectivity index (χ0n) is 17.4. The lowest BCUT2D eigenvalue weighted by molar-refractivity contribution is -0.137. The second kappa shape index (κ2) is 10.2. The fourth-order valence-corrected chi connectivity index (χ4v) is 4.64. The molecule has 2 aromatic rings. The van der Waals surface area contributed by atoms with E-state index in [1.165, 1.54) is 0 Å². The van der Waals surface area contributed by atoms with Gasteiger partial charge in [-0.05, 0) is 50.3 Å². The number of halogens is 4. The van der Waals surface area contributed by atoms with Crippen molar-refractivity contribution >= 4 is 35.0 Å². The second-order valence-corrected chi connectivity index (χ2v) is 8.97. The van der Waals surface area contributed by atoms with E-state index in [4.69, 9.17) is 11.6 Å². The van der Waals surface area contributed by atoms with Crippen LogP contribution in [0.25, 0.3) is 0 Å². The van der Waals surface area contributed by atoms with E-state index in [-0.39, 0.29) is 23.2 Å². The van der Waals surface area contributed by atoms with Crippen LogP contribution in [-0.4, -0.2) is 51.0 Å². The molecule has 0 spiro atoms. The summed E-state index contributed by atoms with van der Waals surface area (Å²) in [7, 11) is 0. The van der Waals surface area contributed by atoms with Crippen molar-refractivity contribution in [2.75, 3.05) is 30.7 Å². The number of nitrogens with one attached hydrogen (secondary N) is 1. The topological polar surface area (TPSA) is 63.1 Å². The molecule has 1 N–H and O–H groups in total. The van der Waals surface area contributed by atoms with Gasteiger partial charge in [0.15, 0.2) is 5.16 Å². The fraction of sp³-hybridized carbons (Fsp3) is 0.550. The lowest BCUT2D eigenvalue weighted by Gasteiger charge is -2.31. The second-order valence-electron chi connectivity index (χ2n) is 7.33. The SMILES string of the molecule is CCSc1nnc([C@@H]2CCCN(CC(=O)Nc3cc(C(F)(F)F)ccc3Cl)C2)n1CC. The Balaban J connectivity index is 1.65. The van der Waals surface area contributed by atoms with Gasteiger partial charge < -0.3 is 9.88 Å². The van der Waals surface area contributed by atoms with Gasteiger partial charge in [0.2, 0.25) is 5.91 Å². The van der Waals surface area contributed by atoms with Gasteiger partial charge in [-0.15, -0.1) is 10.2 Å². The van der Waals surface area contributed by atoms with Gasteiger partial charge in [-0.1, -0.05) is 30.3 Å². The molecule has 0 unspecified atom stereocenters. The number of thioether (sulfide) groups is 1. The van der Waals surface area contributed by atoms with E-state index >= 15 is 0 Å². The Kier molecular flexibility index (Phi) is 7.87. The van der Waals surface area contributed by atoms with Crippen molar-refractivity contribution in [1.29, 1.82) is 0 Å². The minimum absolute atomic E-state index is 0.0398. The quantitative estimate of drug-likeness (QED) is 0.577. The van der Waals surface area contributed by atoms with Crippen LogP contribution in [0.15, 0.2) is 23.4 Å². The molecule has 1 fully saturated rings. The smallest absolute Gasteiger partial charge is 0.324 e. The highest BCUT2D eigenvalue weighted by molar-refractivity contribution is 7.99. The van der Waals surface area contributed by atoms with Gasteiger partial charge in [0.25, 0.3) is 0 Å². The highest BCUT2D eigenvalue weighted by Gasteiger charge is 2.31. The van der Waals surface area contributed by atoms with Crippen molar-refractivity contribution in [2.24, 2.45) is 0 Å². The van der Waals surface area contributed by atoms with Crippen molar-refractivity contribution < 1.29 is 18.0 Å². The van der Waals surface area contributed by atoms with Gasteiger partial charge in [0.1, 0.15) is 5.82 Å². The van der Waals surface area contributed by atoms with E-state index in [9.17, 15) is 18.0 Å². The maximum atomic E-state index is 12.9. The van der Waals surface area contributed by atoms with E-state index in [0.717, 1.165) is 60.9 Å². The molecule has 0 aliphatic carbocycles. The Bertz CT molecular complexity index is 921. The lowest BCUT2D eigenvalue weighted by Crippen LogP contribution is -2.40. The summed E-state index contributed by atoms with van der Waals surface area (Å²) >= 11 is 7.63. The summed E-state index contributed by atoms with van der Waals surface area (Å²) in [5.41, 5.74) is -0.896. The minimum Gasteiger partial charge on any atom is -0.324 e. The van der Waals surface area contributed by atoms with E-state index in [2.05, 4.69) is 33.9 Å². The molecular weight excluding hydrogens is 451 g/mol. The van der Waals surface area contributed by atoms with Gasteiger partial charge in [-0.2, -0.15) is 13.2 Å². The van der Waals surface area contributed by atoms with Crippen LogP contribution in [0.5, 0.6) is 0 Å². The zero-order chi connectivity index (χ0) is 22.6. The predicted octanol–water partition coefficient (Wildman–Crippen LogP) is 4.90. The normalized spacial score (nSPS) is 17.7. The van der Waals surface area contributed by atoms with Crippen molar-refractivity contribution in [3.05, 3.63) is 34.6 Å². The number of piperidine rings is 1. The monoisotopic (exact) mass is 475 g/mol. The number of alkyl halides is 3. The maximum absolute atomic E-state index is 12.9. The molecule has 1 aromatic heterocycles. The third-order valence-electron chi connectivity index (χ3n) is 5.14. The van der Waals surface area contributed by atoms with Crippen LogP contribution in [0.1, 0.15) is 44.0 Å². The molecule has 1 aliphatic heterocycles. The molecule has 1 aliphatic rings. The number of rotatable bonds is 7. The lowest BCUT2D eigenvalue weighted by atomic mass is 9.97. The maximum Gasteiger partial charge on any atom is 0.416 e. The molecule has 2 heterocycles. The van der Waals surface area contributed by atoms with Gasteiger partial charge in [0, 0.05) is 19.0 Å². The Hall–Kier alpha value is -1.78. The summed E-state index contributed by atoms with van der Waals surface area (Å²) in [6, 6.07) is 2.89. The van der Waals surface area contributed by atoms with Crippen LogP contribution in [0, 0.1) is 0 Å². The predicted molar refractivity (Wildman–Crippen MR) is 116 cm³/mol. The van der Waals surface area contributed by atoms with Crippen LogP contribution in [0.3, 0.4) is 0 Å². The number of aromatic nitrogens is 3. The summed E-state index contributed by atoms with van der Waals surface area (Å²) < 4.78 is 41.0. The number of amides is 1. The zero-order valence-corrected chi connectivity index (χ0v) is 18.9. The first-order chi connectivity index (χ1) is 14.7. The molecule has 6 nitrogen and oxygen atoms in total. The molecule has 1 atom stereocenters. The summed E-state index contributed by atoms with van der Waals surface area (Å²) in [5.74, 6) is 1.58. The molecular formula is C20H25ClF3N5OS. The highest BCUT2D eigenvalue weighted by Crippen LogP contribution is 2.34. The fourth-order valence-electron chi connectivity index (χ4n) is 3.74. The molecule has 3 rings (SSSR count). The first kappa shape index (κ1) is 23.9. The number of carbonyl (C=O) groups excluding carboxylic acids is 1. The van der Waals surface area contributed by atoms with Crippen molar-refractivity contribution in [3.8, 4) is 0 Å². The van der Waals surface area contributed by atoms with E-state index < -0.39 is 17.6 Å². The minimum atomic E-state index is -4.51. The van der Waals surface area contributed by atoms with E-state index in [1.807, 2.05) is 4.90 Å². The Morgan fingerprint density at radius 3 is 2.77 bits per heavy atom. The molecule has 11 heteroatoms. The van der Waals surface area contributed by atoms with E-state index in [0.29, 0.717) is 6.54 Å². The largest absolute Gasteiger partial charge is 0.416 e. The van der Waals surface area contributed by atoms with Crippen LogP contribution in [-0.2, 0) is 17.5 Å². The summed E-state index contributed by atoms with van der Waals surface area (Å²) in [5, 5.41) is 12.2. The Morgan fingerprint density at radius 2 is 2.10 bits per heavy atom. The molecule has 31 heavy (non-hydrogen) atoms.